The van der Waals surface area contributed by atoms with E-state index in [0.29, 0.717) is 17.2 Å². The highest BCUT2D eigenvalue weighted by Gasteiger charge is 2.23. The fourth-order valence-corrected chi connectivity index (χ4v) is 2.38. The second kappa shape index (κ2) is 10.5. The summed E-state index contributed by atoms with van der Waals surface area (Å²) in [4.78, 5) is 14.6. The molecule has 1 heterocycles. The molecule has 1 amide bonds. The Balaban J connectivity index is 0.00000242. The summed E-state index contributed by atoms with van der Waals surface area (Å²) < 4.78 is 10.5. The molecule has 1 atom stereocenters. The number of piperazine rings is 1. The Labute approximate surface area is 149 Å². The average molecular weight is 366 g/mol. The van der Waals surface area contributed by atoms with E-state index in [1.807, 2.05) is 6.92 Å². The third kappa shape index (κ3) is 5.73. The number of carbonyl (C=O) groups excluding carboxylic acids is 1. The maximum Gasteiger partial charge on any atom is 0.241 e. The molecule has 0 aliphatic carbocycles. The van der Waals surface area contributed by atoms with Crippen molar-refractivity contribution < 1.29 is 14.3 Å². The standard InChI is InChI=1S/C15H23N3O3.2ClH/c1-11(18-8-6-16-7-9-18)15(19)17-13-10-12(20-2)4-5-14(13)21-3;;/h4-5,10-11,16H,6-9H2,1-3H3,(H,17,19);2*1H. The van der Waals surface area contributed by atoms with Crippen LogP contribution in [0.2, 0.25) is 0 Å². The van der Waals surface area contributed by atoms with Gasteiger partial charge in [-0.3, -0.25) is 9.69 Å². The lowest BCUT2D eigenvalue weighted by Gasteiger charge is -2.31. The van der Waals surface area contributed by atoms with Gasteiger partial charge in [-0.05, 0) is 19.1 Å². The summed E-state index contributed by atoms with van der Waals surface area (Å²) in [6.45, 7) is 5.52. The Morgan fingerprint density at radius 3 is 2.43 bits per heavy atom. The van der Waals surface area contributed by atoms with Gasteiger partial charge in [0.2, 0.25) is 5.91 Å². The van der Waals surface area contributed by atoms with Gasteiger partial charge in [-0.1, -0.05) is 0 Å². The first-order valence-corrected chi connectivity index (χ1v) is 7.13. The van der Waals surface area contributed by atoms with Crippen LogP contribution in [0.4, 0.5) is 5.69 Å². The molecule has 6 nitrogen and oxygen atoms in total. The third-order valence-corrected chi connectivity index (χ3v) is 3.74. The first kappa shape index (κ1) is 21.8. The average Bonchev–Trinajstić information content (AvgIpc) is 2.54. The van der Waals surface area contributed by atoms with Gasteiger partial charge in [0.05, 0.1) is 25.9 Å². The first-order chi connectivity index (χ1) is 10.2. The summed E-state index contributed by atoms with van der Waals surface area (Å²) in [5, 5.41) is 6.21. The van der Waals surface area contributed by atoms with Crippen molar-refractivity contribution in [3.05, 3.63) is 18.2 Å². The molecule has 0 saturated carbocycles. The smallest absolute Gasteiger partial charge is 0.241 e. The van der Waals surface area contributed by atoms with Crippen LogP contribution in [0.25, 0.3) is 0 Å². The van der Waals surface area contributed by atoms with Crippen molar-refractivity contribution in [2.45, 2.75) is 13.0 Å². The maximum absolute atomic E-state index is 12.4. The van der Waals surface area contributed by atoms with Crippen molar-refractivity contribution >= 4 is 36.4 Å². The van der Waals surface area contributed by atoms with Gasteiger partial charge >= 0.3 is 0 Å². The van der Waals surface area contributed by atoms with E-state index >= 15 is 0 Å². The van der Waals surface area contributed by atoms with Gasteiger partial charge in [0.1, 0.15) is 11.5 Å². The molecule has 1 aromatic rings. The zero-order valence-corrected chi connectivity index (χ0v) is 15.3. The summed E-state index contributed by atoms with van der Waals surface area (Å²) >= 11 is 0. The van der Waals surface area contributed by atoms with Crippen molar-refractivity contribution in [2.75, 3.05) is 45.7 Å². The van der Waals surface area contributed by atoms with Gasteiger partial charge in [-0.2, -0.15) is 0 Å². The summed E-state index contributed by atoms with van der Waals surface area (Å²) in [5.74, 6) is 1.26. The van der Waals surface area contributed by atoms with E-state index in [-0.39, 0.29) is 36.8 Å². The molecule has 2 N–H and O–H groups in total. The number of rotatable bonds is 5. The van der Waals surface area contributed by atoms with Gasteiger partial charge in [-0.15, -0.1) is 24.8 Å². The van der Waals surface area contributed by atoms with Crippen molar-refractivity contribution in [3.8, 4) is 11.5 Å². The SMILES string of the molecule is COc1ccc(OC)c(NC(=O)C(C)N2CCNCC2)c1.Cl.Cl. The number of ether oxygens (including phenoxy) is 2. The van der Waals surface area contributed by atoms with Crippen molar-refractivity contribution in [3.63, 3.8) is 0 Å². The zero-order valence-electron chi connectivity index (χ0n) is 13.6. The second-order valence-electron chi connectivity index (χ2n) is 5.02. The van der Waals surface area contributed by atoms with Crippen LogP contribution in [0, 0.1) is 0 Å². The van der Waals surface area contributed by atoms with E-state index in [4.69, 9.17) is 9.47 Å². The summed E-state index contributed by atoms with van der Waals surface area (Å²) in [7, 11) is 3.17. The van der Waals surface area contributed by atoms with E-state index in [1.54, 1.807) is 32.4 Å². The van der Waals surface area contributed by atoms with Gasteiger partial charge in [0.25, 0.3) is 0 Å². The van der Waals surface area contributed by atoms with Crippen LogP contribution in [0.3, 0.4) is 0 Å². The van der Waals surface area contributed by atoms with Crippen molar-refractivity contribution in [1.29, 1.82) is 0 Å². The molecule has 1 saturated heterocycles. The molecule has 0 aromatic heterocycles. The molecule has 23 heavy (non-hydrogen) atoms. The summed E-state index contributed by atoms with van der Waals surface area (Å²) in [6.07, 6.45) is 0. The number of halogens is 2. The highest BCUT2D eigenvalue weighted by atomic mass is 35.5. The normalized spacial score (nSPS) is 15.6. The molecule has 1 aromatic carbocycles. The molecule has 1 unspecified atom stereocenters. The van der Waals surface area contributed by atoms with Crippen LogP contribution < -0.4 is 20.1 Å². The lowest BCUT2D eigenvalue weighted by Crippen LogP contribution is -2.51. The number of amides is 1. The van der Waals surface area contributed by atoms with Crippen LogP contribution in [-0.2, 0) is 4.79 Å². The Kier molecular flexibility index (Phi) is 9.99. The number of nitrogens with zero attached hydrogens (tertiary/aromatic N) is 1. The Morgan fingerprint density at radius 2 is 1.87 bits per heavy atom. The third-order valence-electron chi connectivity index (χ3n) is 3.74. The lowest BCUT2D eigenvalue weighted by atomic mass is 10.2. The predicted octanol–water partition coefficient (Wildman–Crippen LogP) is 1.78. The van der Waals surface area contributed by atoms with E-state index in [2.05, 4.69) is 15.5 Å². The molecule has 1 fully saturated rings. The fourth-order valence-electron chi connectivity index (χ4n) is 2.38. The Hall–Kier alpha value is -1.21. The largest absolute Gasteiger partial charge is 0.497 e. The maximum atomic E-state index is 12.4. The molecule has 0 bridgehead atoms. The lowest BCUT2D eigenvalue weighted by molar-refractivity contribution is -0.121. The van der Waals surface area contributed by atoms with Crippen LogP contribution >= 0.6 is 24.8 Å². The van der Waals surface area contributed by atoms with Gasteiger partial charge in [0, 0.05) is 32.2 Å². The number of nitrogens with one attached hydrogen (secondary N) is 2. The van der Waals surface area contributed by atoms with Gasteiger partial charge in [-0.25, -0.2) is 0 Å². The van der Waals surface area contributed by atoms with Crippen LogP contribution in [0.5, 0.6) is 11.5 Å². The van der Waals surface area contributed by atoms with E-state index in [1.165, 1.54) is 0 Å². The van der Waals surface area contributed by atoms with Gasteiger partial charge < -0.3 is 20.1 Å². The minimum absolute atomic E-state index is 0. The number of methoxy groups -OCH3 is 2. The summed E-state index contributed by atoms with van der Waals surface area (Å²) in [6, 6.07) is 5.17. The topological polar surface area (TPSA) is 62.8 Å². The molecule has 8 heteroatoms. The quantitative estimate of drug-likeness (QED) is 0.832. The van der Waals surface area contributed by atoms with Gasteiger partial charge in [0.15, 0.2) is 0 Å². The first-order valence-electron chi connectivity index (χ1n) is 7.13. The minimum atomic E-state index is -0.178. The Morgan fingerprint density at radius 1 is 1.22 bits per heavy atom. The number of benzene rings is 1. The number of anilines is 1. The molecule has 0 spiro atoms. The molecule has 2 rings (SSSR count). The highest BCUT2D eigenvalue weighted by Crippen LogP contribution is 2.29. The molecule has 1 aliphatic rings. The Bertz CT molecular complexity index is 497. The number of carbonyl (C=O) groups is 1. The number of hydrogen-bond acceptors (Lipinski definition) is 5. The molecule has 1 aliphatic heterocycles. The monoisotopic (exact) mass is 365 g/mol. The van der Waals surface area contributed by atoms with Crippen LogP contribution in [-0.4, -0.2) is 57.2 Å². The number of hydrogen-bond donors (Lipinski definition) is 2. The van der Waals surface area contributed by atoms with Crippen LogP contribution in [0.15, 0.2) is 18.2 Å². The molecule has 0 radical (unpaired) electrons. The predicted molar refractivity (Wildman–Crippen MR) is 96.6 cm³/mol. The second-order valence-corrected chi connectivity index (χ2v) is 5.02. The fraction of sp³-hybridized carbons (Fsp3) is 0.533. The minimum Gasteiger partial charge on any atom is -0.497 e. The zero-order chi connectivity index (χ0) is 15.2. The van der Waals surface area contributed by atoms with Crippen molar-refractivity contribution in [1.82, 2.24) is 10.2 Å². The van der Waals surface area contributed by atoms with E-state index in [9.17, 15) is 4.79 Å². The highest BCUT2D eigenvalue weighted by molar-refractivity contribution is 5.96. The van der Waals surface area contributed by atoms with Crippen molar-refractivity contribution in [2.24, 2.45) is 0 Å². The van der Waals surface area contributed by atoms with Crippen LogP contribution in [0.1, 0.15) is 6.92 Å². The molecular weight excluding hydrogens is 341 g/mol. The van der Waals surface area contributed by atoms with E-state index in [0.717, 1.165) is 26.2 Å². The molecule has 132 valence electrons. The van der Waals surface area contributed by atoms with E-state index < -0.39 is 0 Å². The summed E-state index contributed by atoms with van der Waals surface area (Å²) in [5.41, 5.74) is 0.629. The molecular formula is C15H25Cl2N3O3.